The molecule has 0 aromatic carbocycles. The Kier molecular flexibility index (Phi) is 4.43. The number of hydrazine groups is 1. The highest BCUT2D eigenvalue weighted by molar-refractivity contribution is 5.60. The number of nitrogens with two attached hydrogens (primary N) is 1. The highest BCUT2D eigenvalue weighted by Crippen LogP contribution is 2.19. The summed E-state index contributed by atoms with van der Waals surface area (Å²) >= 11 is 0. The van der Waals surface area contributed by atoms with Gasteiger partial charge in [-0.3, -0.25) is 4.68 Å². The molecule has 3 N–H and O–H groups in total. The lowest BCUT2D eigenvalue weighted by Crippen LogP contribution is -2.11. The zero-order valence-corrected chi connectivity index (χ0v) is 11.1. The minimum atomic E-state index is 0.598. The summed E-state index contributed by atoms with van der Waals surface area (Å²) < 4.78 is 6.76. The molecule has 0 spiro atoms. The van der Waals surface area contributed by atoms with E-state index in [1.165, 1.54) is 0 Å². The quantitative estimate of drug-likeness (QED) is 0.453. The first kappa shape index (κ1) is 13.4. The van der Waals surface area contributed by atoms with Crippen LogP contribution in [0.3, 0.4) is 0 Å². The van der Waals surface area contributed by atoms with Crippen LogP contribution in [0.5, 0.6) is 0 Å². The van der Waals surface area contributed by atoms with Crippen molar-refractivity contribution in [3.63, 3.8) is 0 Å². The van der Waals surface area contributed by atoms with Crippen LogP contribution in [-0.2, 0) is 18.2 Å². The molecule has 2 aromatic rings. The summed E-state index contributed by atoms with van der Waals surface area (Å²) in [5.74, 6) is 6.78. The number of hydrogen-bond donors (Lipinski definition) is 2. The number of hydrogen-bond acceptors (Lipinski definition) is 6. The van der Waals surface area contributed by atoms with E-state index >= 15 is 0 Å². The van der Waals surface area contributed by atoms with Gasteiger partial charge in [-0.2, -0.15) is 5.10 Å². The Bertz CT molecular complexity index is 539. The molecule has 19 heavy (non-hydrogen) atoms. The van der Waals surface area contributed by atoms with Crippen LogP contribution >= 0.6 is 0 Å². The summed E-state index contributed by atoms with van der Waals surface area (Å²) in [4.78, 5) is 8.85. The van der Waals surface area contributed by atoms with E-state index in [1.54, 1.807) is 24.1 Å². The second-order valence-electron chi connectivity index (χ2n) is 4.20. The van der Waals surface area contributed by atoms with Crippen molar-refractivity contribution in [3.05, 3.63) is 24.3 Å². The molecule has 0 amide bonds. The largest absolute Gasteiger partial charge is 0.385 e. The summed E-state index contributed by atoms with van der Waals surface area (Å²) in [6, 6.07) is 1.80. The zero-order valence-electron chi connectivity index (χ0n) is 11.1. The van der Waals surface area contributed by atoms with E-state index in [1.807, 2.05) is 13.2 Å². The maximum absolute atomic E-state index is 5.44. The third kappa shape index (κ3) is 3.49. The molecule has 2 aromatic heterocycles. The van der Waals surface area contributed by atoms with Crippen molar-refractivity contribution in [2.45, 2.75) is 12.8 Å². The zero-order chi connectivity index (χ0) is 13.7. The van der Waals surface area contributed by atoms with E-state index < -0.39 is 0 Å². The SMILES string of the molecule is COCCCc1nc(NN)cc(-c2cnn(C)c2)n1. The molecule has 7 nitrogen and oxygen atoms in total. The fourth-order valence-electron chi connectivity index (χ4n) is 1.76. The van der Waals surface area contributed by atoms with Gasteiger partial charge in [-0.15, -0.1) is 0 Å². The molecule has 0 saturated heterocycles. The van der Waals surface area contributed by atoms with Crippen molar-refractivity contribution in [1.82, 2.24) is 19.7 Å². The van der Waals surface area contributed by atoms with Crippen molar-refractivity contribution >= 4 is 5.82 Å². The van der Waals surface area contributed by atoms with E-state index in [2.05, 4.69) is 20.5 Å². The van der Waals surface area contributed by atoms with E-state index in [0.29, 0.717) is 12.4 Å². The van der Waals surface area contributed by atoms with Crippen LogP contribution in [0, 0.1) is 0 Å². The van der Waals surface area contributed by atoms with Gasteiger partial charge in [-0.25, -0.2) is 15.8 Å². The van der Waals surface area contributed by atoms with Gasteiger partial charge in [-0.05, 0) is 6.42 Å². The monoisotopic (exact) mass is 262 g/mol. The van der Waals surface area contributed by atoms with Gasteiger partial charge in [0.05, 0.1) is 11.9 Å². The lowest BCUT2D eigenvalue weighted by molar-refractivity contribution is 0.194. The summed E-state index contributed by atoms with van der Waals surface area (Å²) in [6.45, 7) is 0.686. The van der Waals surface area contributed by atoms with Gasteiger partial charge in [0.1, 0.15) is 11.6 Å². The topological polar surface area (TPSA) is 90.9 Å². The van der Waals surface area contributed by atoms with Crippen molar-refractivity contribution < 1.29 is 4.74 Å². The summed E-state index contributed by atoms with van der Waals surface area (Å²) in [7, 11) is 3.55. The minimum Gasteiger partial charge on any atom is -0.385 e. The van der Waals surface area contributed by atoms with Crippen molar-refractivity contribution in [2.75, 3.05) is 19.1 Å². The maximum Gasteiger partial charge on any atom is 0.144 e. The van der Waals surface area contributed by atoms with Gasteiger partial charge in [0.15, 0.2) is 0 Å². The third-order valence-corrected chi connectivity index (χ3v) is 2.67. The number of nitrogens with one attached hydrogen (secondary N) is 1. The van der Waals surface area contributed by atoms with Crippen LogP contribution < -0.4 is 11.3 Å². The summed E-state index contributed by atoms with van der Waals surface area (Å²) in [5, 5.41) is 4.14. The van der Waals surface area contributed by atoms with Crippen molar-refractivity contribution in [3.8, 4) is 11.3 Å². The number of nitrogen functional groups attached to an aromatic ring is 1. The predicted octanol–water partition coefficient (Wildman–Crippen LogP) is 0.742. The first-order chi connectivity index (χ1) is 9.22. The van der Waals surface area contributed by atoms with Gasteiger partial charge in [0, 0.05) is 45.0 Å². The molecule has 102 valence electrons. The molecule has 0 fully saturated rings. The molecule has 0 saturated carbocycles. The van der Waals surface area contributed by atoms with E-state index in [-0.39, 0.29) is 0 Å². The Morgan fingerprint density at radius 3 is 2.89 bits per heavy atom. The number of anilines is 1. The Morgan fingerprint density at radius 1 is 1.42 bits per heavy atom. The van der Waals surface area contributed by atoms with Gasteiger partial charge < -0.3 is 10.2 Å². The average molecular weight is 262 g/mol. The molecule has 0 atom stereocenters. The molecule has 2 rings (SSSR count). The van der Waals surface area contributed by atoms with Crippen molar-refractivity contribution in [2.24, 2.45) is 12.9 Å². The van der Waals surface area contributed by atoms with Crippen molar-refractivity contribution in [1.29, 1.82) is 0 Å². The van der Waals surface area contributed by atoms with Gasteiger partial charge in [0.25, 0.3) is 0 Å². The summed E-state index contributed by atoms with van der Waals surface area (Å²) in [6.07, 6.45) is 5.29. The predicted molar refractivity (Wildman–Crippen MR) is 72.2 cm³/mol. The average Bonchev–Trinajstić information content (AvgIpc) is 2.85. The first-order valence-corrected chi connectivity index (χ1v) is 6.05. The molecule has 0 aliphatic heterocycles. The van der Waals surface area contributed by atoms with Crippen LogP contribution in [0.25, 0.3) is 11.3 Å². The van der Waals surface area contributed by atoms with Crippen LogP contribution in [-0.4, -0.2) is 33.5 Å². The van der Waals surface area contributed by atoms with E-state index in [4.69, 9.17) is 10.6 Å². The lowest BCUT2D eigenvalue weighted by Gasteiger charge is -2.06. The number of ether oxygens (including phenoxy) is 1. The number of aryl methyl sites for hydroxylation is 2. The number of nitrogens with zero attached hydrogens (tertiary/aromatic N) is 4. The van der Waals surface area contributed by atoms with Crippen LogP contribution in [0.2, 0.25) is 0 Å². The lowest BCUT2D eigenvalue weighted by atomic mass is 10.2. The standard InChI is InChI=1S/C12H18N6O/c1-18-8-9(7-14-18)10-6-12(17-13)16-11(15-10)4-3-5-19-2/h6-8H,3-5,13H2,1-2H3,(H,15,16,17). The fraction of sp³-hybridized carbons (Fsp3) is 0.417. The first-order valence-electron chi connectivity index (χ1n) is 6.05. The normalized spacial score (nSPS) is 10.7. The minimum absolute atomic E-state index is 0.598. The Hall–Kier alpha value is -1.99. The molecule has 0 unspecified atom stereocenters. The second kappa shape index (κ2) is 6.26. The molecule has 0 aliphatic rings. The smallest absolute Gasteiger partial charge is 0.144 e. The van der Waals surface area contributed by atoms with Gasteiger partial charge in [-0.1, -0.05) is 0 Å². The number of rotatable bonds is 6. The number of methoxy groups -OCH3 is 1. The Labute approximate surface area is 111 Å². The number of aromatic nitrogens is 4. The Balaban J connectivity index is 2.25. The molecule has 2 heterocycles. The molecular formula is C12H18N6O. The molecule has 0 bridgehead atoms. The van der Waals surface area contributed by atoms with Crippen LogP contribution in [0.1, 0.15) is 12.2 Å². The second-order valence-corrected chi connectivity index (χ2v) is 4.20. The third-order valence-electron chi connectivity index (χ3n) is 2.67. The van der Waals surface area contributed by atoms with E-state index in [9.17, 15) is 0 Å². The van der Waals surface area contributed by atoms with E-state index in [0.717, 1.165) is 29.9 Å². The maximum atomic E-state index is 5.44. The molecule has 0 aliphatic carbocycles. The van der Waals surface area contributed by atoms with Crippen LogP contribution in [0.4, 0.5) is 5.82 Å². The highest BCUT2D eigenvalue weighted by atomic mass is 16.5. The summed E-state index contributed by atoms with van der Waals surface area (Å²) in [5.41, 5.74) is 4.31. The molecule has 7 heteroatoms. The highest BCUT2D eigenvalue weighted by Gasteiger charge is 2.07. The fourth-order valence-corrected chi connectivity index (χ4v) is 1.76. The van der Waals surface area contributed by atoms with Gasteiger partial charge in [0.2, 0.25) is 0 Å². The van der Waals surface area contributed by atoms with Crippen LogP contribution in [0.15, 0.2) is 18.5 Å². The van der Waals surface area contributed by atoms with Gasteiger partial charge >= 0.3 is 0 Å². The molecule has 0 radical (unpaired) electrons. The molecular weight excluding hydrogens is 244 g/mol. The Morgan fingerprint density at radius 2 is 2.26 bits per heavy atom.